The molecule has 0 aliphatic carbocycles. The maximum Gasteiger partial charge on any atom is 0.306 e. The van der Waals surface area contributed by atoms with Gasteiger partial charge in [-0.3, -0.25) is 9.59 Å². The zero-order chi connectivity index (χ0) is 17.4. The Kier molecular flexibility index (Phi) is 7.46. The SMILES string of the molecule is CC(NC(=O)COC(=O)CCCc1cccs1)c1ccc(Br)cc1. The van der Waals surface area contributed by atoms with Crippen molar-refractivity contribution >= 4 is 39.1 Å². The minimum absolute atomic E-state index is 0.136. The lowest BCUT2D eigenvalue weighted by atomic mass is 10.1. The number of thiophene rings is 1. The van der Waals surface area contributed by atoms with Gasteiger partial charge < -0.3 is 10.1 Å². The van der Waals surface area contributed by atoms with Crippen molar-refractivity contribution in [2.45, 2.75) is 32.2 Å². The van der Waals surface area contributed by atoms with Crippen molar-refractivity contribution in [3.63, 3.8) is 0 Å². The quantitative estimate of drug-likeness (QED) is 0.662. The largest absolute Gasteiger partial charge is 0.456 e. The third-order valence-corrected chi connectivity index (χ3v) is 4.96. The molecule has 0 aliphatic rings. The number of esters is 1. The van der Waals surface area contributed by atoms with Crippen LogP contribution in [-0.2, 0) is 20.7 Å². The average Bonchev–Trinajstić information content (AvgIpc) is 3.07. The summed E-state index contributed by atoms with van der Waals surface area (Å²) in [4.78, 5) is 24.8. The lowest BCUT2D eigenvalue weighted by Crippen LogP contribution is -2.31. The van der Waals surface area contributed by atoms with E-state index in [1.165, 1.54) is 4.88 Å². The van der Waals surface area contributed by atoms with Crippen molar-refractivity contribution in [2.75, 3.05) is 6.61 Å². The first kappa shape index (κ1) is 18.7. The second kappa shape index (κ2) is 9.59. The third-order valence-electron chi connectivity index (χ3n) is 3.50. The molecule has 1 heterocycles. The molecule has 0 radical (unpaired) electrons. The summed E-state index contributed by atoms with van der Waals surface area (Å²) >= 11 is 5.05. The van der Waals surface area contributed by atoms with Gasteiger partial charge in [-0.15, -0.1) is 11.3 Å². The van der Waals surface area contributed by atoms with E-state index in [1.807, 2.05) is 48.7 Å². The number of carbonyl (C=O) groups excluding carboxylic acids is 2. The Labute approximate surface area is 154 Å². The Morgan fingerprint density at radius 2 is 2.00 bits per heavy atom. The van der Waals surface area contributed by atoms with Crippen LogP contribution in [0.5, 0.6) is 0 Å². The molecule has 128 valence electrons. The zero-order valence-corrected chi connectivity index (χ0v) is 15.9. The molecule has 2 rings (SSSR count). The van der Waals surface area contributed by atoms with Crippen LogP contribution < -0.4 is 5.32 Å². The molecule has 4 nitrogen and oxygen atoms in total. The van der Waals surface area contributed by atoms with Crippen LogP contribution in [0.4, 0.5) is 0 Å². The molecule has 0 fully saturated rings. The number of carbonyl (C=O) groups is 2. The number of aryl methyl sites for hydroxylation is 1. The molecular formula is C18H20BrNO3S. The fourth-order valence-corrected chi connectivity index (χ4v) is 3.21. The molecule has 0 bridgehead atoms. The topological polar surface area (TPSA) is 55.4 Å². The highest BCUT2D eigenvalue weighted by atomic mass is 79.9. The number of hydrogen-bond acceptors (Lipinski definition) is 4. The fraction of sp³-hybridized carbons (Fsp3) is 0.333. The van der Waals surface area contributed by atoms with Gasteiger partial charge >= 0.3 is 5.97 Å². The zero-order valence-electron chi connectivity index (χ0n) is 13.5. The van der Waals surface area contributed by atoms with Crippen molar-refractivity contribution in [1.29, 1.82) is 0 Å². The predicted octanol–water partition coefficient (Wildman–Crippen LogP) is 4.25. The highest BCUT2D eigenvalue weighted by Gasteiger charge is 2.12. The van der Waals surface area contributed by atoms with Crippen LogP contribution in [0.25, 0.3) is 0 Å². The van der Waals surface area contributed by atoms with Gasteiger partial charge in [-0.2, -0.15) is 0 Å². The Balaban J connectivity index is 1.64. The highest BCUT2D eigenvalue weighted by molar-refractivity contribution is 9.10. The van der Waals surface area contributed by atoms with E-state index in [9.17, 15) is 9.59 Å². The van der Waals surface area contributed by atoms with Crippen molar-refractivity contribution in [2.24, 2.45) is 0 Å². The number of benzene rings is 1. The first-order chi connectivity index (χ1) is 11.5. The molecule has 1 aromatic heterocycles. The van der Waals surface area contributed by atoms with Crippen LogP contribution in [0.2, 0.25) is 0 Å². The summed E-state index contributed by atoms with van der Waals surface area (Å²) in [6, 6.07) is 11.6. The summed E-state index contributed by atoms with van der Waals surface area (Å²) in [7, 11) is 0. The number of rotatable bonds is 8. The van der Waals surface area contributed by atoms with Crippen molar-refractivity contribution in [1.82, 2.24) is 5.32 Å². The van der Waals surface area contributed by atoms with Gasteiger partial charge in [0.2, 0.25) is 0 Å². The molecule has 0 saturated carbocycles. The van der Waals surface area contributed by atoms with E-state index in [2.05, 4.69) is 21.2 Å². The first-order valence-electron chi connectivity index (χ1n) is 7.77. The molecule has 24 heavy (non-hydrogen) atoms. The van der Waals surface area contributed by atoms with Crippen LogP contribution in [0.3, 0.4) is 0 Å². The number of halogens is 1. The first-order valence-corrected chi connectivity index (χ1v) is 9.44. The Bertz CT molecular complexity index is 655. The van der Waals surface area contributed by atoms with Gasteiger partial charge in [0.25, 0.3) is 5.91 Å². The molecule has 1 N–H and O–H groups in total. The minimum atomic E-state index is -0.335. The molecule has 2 aromatic rings. The molecule has 1 amide bonds. The van der Waals surface area contributed by atoms with Crippen LogP contribution in [0.15, 0.2) is 46.3 Å². The van der Waals surface area contributed by atoms with Crippen LogP contribution in [0, 0.1) is 0 Å². The van der Waals surface area contributed by atoms with E-state index in [1.54, 1.807) is 11.3 Å². The van der Waals surface area contributed by atoms with E-state index in [0.717, 1.165) is 22.9 Å². The van der Waals surface area contributed by atoms with Crippen molar-refractivity contribution in [3.05, 3.63) is 56.7 Å². The van der Waals surface area contributed by atoms with E-state index in [4.69, 9.17) is 4.74 Å². The van der Waals surface area contributed by atoms with Gasteiger partial charge in [-0.1, -0.05) is 34.1 Å². The monoisotopic (exact) mass is 409 g/mol. The summed E-state index contributed by atoms with van der Waals surface area (Å²) in [5, 5.41) is 4.84. The van der Waals surface area contributed by atoms with Gasteiger partial charge in [-0.25, -0.2) is 0 Å². The average molecular weight is 410 g/mol. The highest BCUT2D eigenvalue weighted by Crippen LogP contribution is 2.16. The Hall–Kier alpha value is -1.66. The van der Waals surface area contributed by atoms with Gasteiger partial charge in [0.1, 0.15) is 0 Å². The standard InChI is InChI=1S/C18H20BrNO3S/c1-13(14-7-9-15(19)10-8-14)20-17(21)12-23-18(22)6-2-4-16-5-3-11-24-16/h3,5,7-11,13H,2,4,6,12H2,1H3,(H,20,21). The van der Waals surface area contributed by atoms with Crippen LogP contribution >= 0.6 is 27.3 Å². The molecule has 0 saturated heterocycles. The maximum absolute atomic E-state index is 11.9. The van der Waals surface area contributed by atoms with Gasteiger partial charge in [-0.05, 0) is 48.9 Å². The molecule has 1 atom stereocenters. The number of amides is 1. The fourth-order valence-electron chi connectivity index (χ4n) is 2.20. The van der Waals surface area contributed by atoms with Crippen molar-refractivity contribution in [3.8, 4) is 0 Å². The molecule has 6 heteroatoms. The molecule has 0 aliphatic heterocycles. The van der Waals surface area contributed by atoms with E-state index in [0.29, 0.717) is 6.42 Å². The van der Waals surface area contributed by atoms with E-state index < -0.39 is 0 Å². The summed E-state index contributed by atoms with van der Waals surface area (Å²) in [6.07, 6.45) is 1.92. The minimum Gasteiger partial charge on any atom is -0.456 e. The summed E-state index contributed by atoms with van der Waals surface area (Å²) in [5.74, 6) is -0.630. The van der Waals surface area contributed by atoms with Crippen LogP contribution in [0.1, 0.15) is 36.2 Å². The molecule has 0 spiro atoms. The predicted molar refractivity (Wildman–Crippen MR) is 98.9 cm³/mol. The van der Waals surface area contributed by atoms with Crippen molar-refractivity contribution < 1.29 is 14.3 Å². The maximum atomic E-state index is 11.9. The number of ether oxygens (including phenoxy) is 1. The summed E-state index contributed by atoms with van der Waals surface area (Å²) < 4.78 is 6.01. The van der Waals surface area contributed by atoms with E-state index in [-0.39, 0.29) is 24.5 Å². The van der Waals surface area contributed by atoms with Gasteiger partial charge in [0, 0.05) is 15.8 Å². The number of nitrogens with one attached hydrogen (secondary N) is 1. The second-order valence-electron chi connectivity index (χ2n) is 5.43. The normalized spacial score (nSPS) is 11.8. The third kappa shape index (κ3) is 6.45. The van der Waals surface area contributed by atoms with Crippen LogP contribution in [-0.4, -0.2) is 18.5 Å². The van der Waals surface area contributed by atoms with Gasteiger partial charge in [0.15, 0.2) is 6.61 Å². The lowest BCUT2D eigenvalue weighted by Gasteiger charge is -2.14. The van der Waals surface area contributed by atoms with E-state index >= 15 is 0 Å². The molecular weight excluding hydrogens is 390 g/mol. The molecule has 1 unspecified atom stereocenters. The lowest BCUT2D eigenvalue weighted by molar-refractivity contribution is -0.148. The summed E-state index contributed by atoms with van der Waals surface area (Å²) in [6.45, 7) is 1.66. The number of hydrogen-bond donors (Lipinski definition) is 1. The molecule has 1 aromatic carbocycles. The van der Waals surface area contributed by atoms with Gasteiger partial charge in [0.05, 0.1) is 6.04 Å². The smallest absolute Gasteiger partial charge is 0.306 e. The Morgan fingerprint density at radius 3 is 2.67 bits per heavy atom. The Morgan fingerprint density at radius 1 is 1.25 bits per heavy atom. The summed E-state index contributed by atoms with van der Waals surface area (Å²) in [5.41, 5.74) is 0.994. The second-order valence-corrected chi connectivity index (χ2v) is 7.38.